The maximum atomic E-state index is 11.1. The van der Waals surface area contributed by atoms with Crippen molar-refractivity contribution >= 4 is 5.97 Å². The molecule has 0 atom stereocenters. The van der Waals surface area contributed by atoms with Crippen molar-refractivity contribution in [3.05, 3.63) is 54.1 Å². The van der Waals surface area contributed by atoms with Crippen molar-refractivity contribution in [2.24, 2.45) is 0 Å². The first-order valence-corrected chi connectivity index (χ1v) is 10.0. The average Bonchev–Trinajstić information content (AvgIpc) is 2.73. The Kier molecular flexibility index (Phi) is 7.06. The summed E-state index contributed by atoms with van der Waals surface area (Å²) in [6.45, 7) is 5.74. The minimum Gasteiger partial charge on any atom is -0.496 e. The number of hydrogen-bond donors (Lipinski definition) is 1. The van der Waals surface area contributed by atoms with Gasteiger partial charge in [-0.15, -0.1) is 0 Å². The summed E-state index contributed by atoms with van der Waals surface area (Å²) in [6, 6.07) is 17.1. The molecule has 0 saturated carbocycles. The number of methoxy groups -OCH3 is 1. The standard InChI is InChI=1S/C23H30N2O3/c1-3-25(17-23(26)27)21-11-13-24(14-12-21)16-20-15-19(9-10-22(20)28-2)18-7-5-4-6-8-18/h4-10,15,21H,3,11-14,16-17H2,1-2H3,(H,26,27). The van der Waals surface area contributed by atoms with E-state index in [1.807, 2.05) is 13.0 Å². The Hall–Kier alpha value is -2.37. The van der Waals surface area contributed by atoms with Crippen LogP contribution in [0.25, 0.3) is 11.1 Å². The average molecular weight is 383 g/mol. The SMILES string of the molecule is CCN(CC(=O)O)C1CCN(Cc2cc(-c3ccccc3)ccc2OC)CC1. The summed E-state index contributed by atoms with van der Waals surface area (Å²) in [5.41, 5.74) is 3.60. The summed E-state index contributed by atoms with van der Waals surface area (Å²) in [5, 5.41) is 9.10. The highest BCUT2D eigenvalue weighted by Gasteiger charge is 2.25. The summed E-state index contributed by atoms with van der Waals surface area (Å²) >= 11 is 0. The number of rotatable bonds is 8. The molecule has 0 spiro atoms. The number of likely N-dealkylation sites (N-methyl/N-ethyl adjacent to an activating group) is 1. The van der Waals surface area contributed by atoms with E-state index in [9.17, 15) is 4.79 Å². The molecule has 1 saturated heterocycles. The smallest absolute Gasteiger partial charge is 0.317 e. The molecule has 150 valence electrons. The summed E-state index contributed by atoms with van der Waals surface area (Å²) in [4.78, 5) is 15.6. The Balaban J connectivity index is 1.66. The van der Waals surface area contributed by atoms with E-state index in [-0.39, 0.29) is 6.54 Å². The van der Waals surface area contributed by atoms with Crippen LogP contribution in [0, 0.1) is 0 Å². The molecule has 0 amide bonds. The van der Waals surface area contributed by atoms with Crippen molar-refractivity contribution < 1.29 is 14.6 Å². The fourth-order valence-electron chi connectivity index (χ4n) is 4.07. The maximum Gasteiger partial charge on any atom is 0.317 e. The lowest BCUT2D eigenvalue weighted by molar-refractivity contribution is -0.139. The van der Waals surface area contributed by atoms with E-state index in [0.717, 1.165) is 44.8 Å². The van der Waals surface area contributed by atoms with Gasteiger partial charge in [0.1, 0.15) is 5.75 Å². The molecule has 3 rings (SSSR count). The van der Waals surface area contributed by atoms with E-state index in [1.165, 1.54) is 16.7 Å². The molecule has 0 unspecified atom stereocenters. The van der Waals surface area contributed by atoms with Crippen molar-refractivity contribution in [2.75, 3.05) is 33.3 Å². The van der Waals surface area contributed by atoms with Gasteiger partial charge in [-0.25, -0.2) is 0 Å². The zero-order valence-corrected chi connectivity index (χ0v) is 16.8. The van der Waals surface area contributed by atoms with E-state index < -0.39 is 5.97 Å². The van der Waals surface area contributed by atoms with Gasteiger partial charge in [0.2, 0.25) is 0 Å². The van der Waals surface area contributed by atoms with Gasteiger partial charge in [-0.2, -0.15) is 0 Å². The fourth-order valence-corrected chi connectivity index (χ4v) is 4.07. The minimum absolute atomic E-state index is 0.133. The van der Waals surface area contributed by atoms with Crippen LogP contribution in [0.15, 0.2) is 48.5 Å². The Morgan fingerprint density at radius 1 is 1.14 bits per heavy atom. The van der Waals surface area contributed by atoms with Gasteiger partial charge in [0.15, 0.2) is 0 Å². The highest BCUT2D eigenvalue weighted by molar-refractivity contribution is 5.69. The molecule has 28 heavy (non-hydrogen) atoms. The number of likely N-dealkylation sites (tertiary alicyclic amines) is 1. The van der Waals surface area contributed by atoms with Crippen molar-refractivity contribution in [1.29, 1.82) is 0 Å². The molecule has 1 N–H and O–H groups in total. The largest absolute Gasteiger partial charge is 0.496 e. The summed E-state index contributed by atoms with van der Waals surface area (Å²) in [7, 11) is 1.72. The van der Waals surface area contributed by atoms with Crippen LogP contribution in [0.5, 0.6) is 5.75 Å². The van der Waals surface area contributed by atoms with Crippen LogP contribution in [0.2, 0.25) is 0 Å². The second kappa shape index (κ2) is 9.71. The zero-order valence-electron chi connectivity index (χ0n) is 16.8. The monoisotopic (exact) mass is 382 g/mol. The van der Waals surface area contributed by atoms with Crippen molar-refractivity contribution in [2.45, 2.75) is 32.4 Å². The number of piperidine rings is 1. The molecule has 2 aromatic rings. The second-order valence-electron chi connectivity index (χ2n) is 7.36. The normalized spacial score (nSPS) is 15.7. The number of nitrogens with zero attached hydrogens (tertiary/aromatic N) is 2. The Morgan fingerprint density at radius 2 is 1.86 bits per heavy atom. The minimum atomic E-state index is -0.744. The number of carboxylic acids is 1. The Bertz CT molecular complexity index is 771. The molecule has 0 bridgehead atoms. The van der Waals surface area contributed by atoms with E-state index in [4.69, 9.17) is 9.84 Å². The predicted octanol–water partition coefficient (Wildman–Crippen LogP) is 3.73. The van der Waals surface area contributed by atoms with Crippen LogP contribution < -0.4 is 4.74 Å². The summed E-state index contributed by atoms with van der Waals surface area (Å²) < 4.78 is 5.60. The van der Waals surface area contributed by atoms with E-state index in [1.54, 1.807) is 7.11 Å². The predicted molar refractivity (Wildman–Crippen MR) is 112 cm³/mol. The first-order valence-electron chi connectivity index (χ1n) is 10.0. The van der Waals surface area contributed by atoms with Crippen LogP contribution in [0.3, 0.4) is 0 Å². The lowest BCUT2D eigenvalue weighted by Gasteiger charge is -2.37. The van der Waals surface area contributed by atoms with Crippen LogP contribution in [-0.4, -0.2) is 60.2 Å². The Morgan fingerprint density at radius 3 is 2.46 bits per heavy atom. The van der Waals surface area contributed by atoms with E-state index >= 15 is 0 Å². The molecule has 1 aliphatic heterocycles. The number of ether oxygens (including phenoxy) is 1. The van der Waals surface area contributed by atoms with Crippen molar-refractivity contribution in [3.63, 3.8) is 0 Å². The molecule has 1 fully saturated rings. The van der Waals surface area contributed by atoms with Crippen LogP contribution in [-0.2, 0) is 11.3 Å². The molecule has 1 aliphatic rings. The Labute approximate surface area is 167 Å². The van der Waals surface area contributed by atoms with Crippen molar-refractivity contribution in [1.82, 2.24) is 9.80 Å². The first kappa shape index (κ1) is 20.4. The summed E-state index contributed by atoms with van der Waals surface area (Å²) in [6.07, 6.45) is 2.00. The maximum absolute atomic E-state index is 11.1. The van der Waals surface area contributed by atoms with Gasteiger partial charge in [-0.1, -0.05) is 43.3 Å². The van der Waals surface area contributed by atoms with Gasteiger partial charge in [0.05, 0.1) is 13.7 Å². The van der Waals surface area contributed by atoms with Gasteiger partial charge in [-0.3, -0.25) is 14.6 Å². The third kappa shape index (κ3) is 5.12. The fraction of sp³-hybridized carbons (Fsp3) is 0.435. The molecule has 0 aromatic heterocycles. The molecule has 5 heteroatoms. The van der Waals surface area contributed by atoms with Gasteiger partial charge in [-0.05, 0) is 55.7 Å². The zero-order chi connectivity index (χ0) is 19.9. The van der Waals surface area contributed by atoms with Crippen LogP contribution in [0.4, 0.5) is 0 Å². The van der Waals surface area contributed by atoms with Gasteiger partial charge < -0.3 is 9.84 Å². The third-order valence-electron chi connectivity index (χ3n) is 5.60. The second-order valence-corrected chi connectivity index (χ2v) is 7.36. The van der Waals surface area contributed by atoms with Gasteiger partial charge >= 0.3 is 5.97 Å². The van der Waals surface area contributed by atoms with E-state index in [0.29, 0.717) is 6.04 Å². The van der Waals surface area contributed by atoms with Gasteiger partial charge in [0.25, 0.3) is 0 Å². The third-order valence-corrected chi connectivity index (χ3v) is 5.60. The first-order chi connectivity index (χ1) is 13.6. The lowest BCUT2D eigenvalue weighted by atomic mass is 10.00. The van der Waals surface area contributed by atoms with Crippen LogP contribution >= 0.6 is 0 Å². The summed E-state index contributed by atoms with van der Waals surface area (Å²) in [5.74, 6) is 0.176. The molecule has 2 aromatic carbocycles. The number of carboxylic acid groups (broad SMARTS) is 1. The topological polar surface area (TPSA) is 53.0 Å². The molecule has 1 heterocycles. The number of benzene rings is 2. The molecule has 5 nitrogen and oxygen atoms in total. The number of hydrogen-bond acceptors (Lipinski definition) is 4. The highest BCUT2D eigenvalue weighted by Crippen LogP contribution is 2.28. The highest BCUT2D eigenvalue weighted by atomic mass is 16.5. The number of aliphatic carboxylic acids is 1. The van der Waals surface area contributed by atoms with E-state index in [2.05, 4.69) is 52.3 Å². The quantitative estimate of drug-likeness (QED) is 0.754. The molecule has 0 aliphatic carbocycles. The van der Waals surface area contributed by atoms with Crippen LogP contribution in [0.1, 0.15) is 25.3 Å². The number of carbonyl (C=O) groups is 1. The van der Waals surface area contributed by atoms with Crippen molar-refractivity contribution in [3.8, 4) is 16.9 Å². The van der Waals surface area contributed by atoms with Gasteiger partial charge in [0, 0.05) is 18.2 Å². The molecular weight excluding hydrogens is 352 g/mol. The molecule has 0 radical (unpaired) electrons. The molecular formula is C23H30N2O3. The lowest BCUT2D eigenvalue weighted by Crippen LogP contribution is -2.46.